The van der Waals surface area contributed by atoms with Crippen molar-refractivity contribution in [2.75, 3.05) is 6.54 Å². The predicted octanol–water partition coefficient (Wildman–Crippen LogP) is 1.96. The first kappa shape index (κ1) is 22.9. The molecule has 1 aliphatic carbocycles. The minimum absolute atomic E-state index is 0.0165. The lowest BCUT2D eigenvalue weighted by Gasteiger charge is -2.21. The van der Waals surface area contributed by atoms with E-state index >= 15 is 0 Å². The molecule has 1 saturated carbocycles. The fourth-order valence-corrected chi connectivity index (χ4v) is 4.76. The molecule has 1 atom stereocenters. The molecule has 0 radical (unpaired) electrons. The highest BCUT2D eigenvalue weighted by Crippen LogP contribution is 2.28. The van der Waals surface area contributed by atoms with Crippen molar-refractivity contribution in [3.05, 3.63) is 65.7 Å². The zero-order valence-corrected chi connectivity index (χ0v) is 19.0. The van der Waals surface area contributed by atoms with Crippen LogP contribution < -0.4 is 15.5 Å². The minimum Gasteiger partial charge on any atom is -0.322 e. The fourth-order valence-electron chi connectivity index (χ4n) is 3.60. The number of carbonyl (C=O) groups is 3. The summed E-state index contributed by atoms with van der Waals surface area (Å²) in [7, 11) is -3.76. The van der Waals surface area contributed by atoms with Crippen LogP contribution >= 0.6 is 0 Å². The summed E-state index contributed by atoms with van der Waals surface area (Å²) in [6.07, 6.45) is 2.93. The molecule has 9 nitrogen and oxygen atoms in total. The predicted molar refractivity (Wildman–Crippen MR) is 120 cm³/mol. The number of carbonyl (C=O) groups excluding carboxylic acids is 3. The molecule has 10 heteroatoms. The van der Waals surface area contributed by atoms with Gasteiger partial charge in [0.1, 0.15) is 5.54 Å². The molecule has 1 aliphatic heterocycles. The lowest BCUT2D eigenvalue weighted by Crippen LogP contribution is -2.49. The van der Waals surface area contributed by atoms with Gasteiger partial charge in [0.2, 0.25) is 10.0 Å². The lowest BCUT2D eigenvalue weighted by molar-refractivity contribution is -0.132. The van der Waals surface area contributed by atoms with Crippen molar-refractivity contribution in [1.29, 1.82) is 0 Å². The smallest absolute Gasteiger partial charge is 0.322 e. The van der Waals surface area contributed by atoms with E-state index in [0.29, 0.717) is 30.3 Å². The van der Waals surface area contributed by atoms with E-state index in [4.69, 9.17) is 0 Å². The number of imide groups is 1. The second kappa shape index (κ2) is 8.95. The number of benzene rings is 2. The summed E-state index contributed by atoms with van der Waals surface area (Å²) >= 11 is 0. The number of hydrogen-bond donors (Lipinski definition) is 3. The van der Waals surface area contributed by atoms with Crippen LogP contribution in [0.3, 0.4) is 0 Å². The van der Waals surface area contributed by atoms with Gasteiger partial charge >= 0.3 is 6.03 Å². The molecular weight excluding hydrogens is 444 g/mol. The van der Waals surface area contributed by atoms with Crippen LogP contribution in [-0.4, -0.2) is 43.4 Å². The molecule has 1 unspecified atom stereocenters. The van der Waals surface area contributed by atoms with Gasteiger partial charge in [-0.25, -0.2) is 17.9 Å². The Kier molecular flexibility index (Phi) is 6.22. The monoisotopic (exact) mass is 470 g/mol. The van der Waals surface area contributed by atoms with E-state index in [9.17, 15) is 22.8 Å². The summed E-state index contributed by atoms with van der Waals surface area (Å²) in [6, 6.07) is 14.3. The van der Waals surface area contributed by atoms with Gasteiger partial charge in [-0.2, -0.15) is 5.01 Å². The Morgan fingerprint density at radius 3 is 2.55 bits per heavy atom. The molecule has 4 amide bonds. The third kappa shape index (κ3) is 5.23. The van der Waals surface area contributed by atoms with Crippen LogP contribution in [0.2, 0.25) is 0 Å². The van der Waals surface area contributed by atoms with E-state index in [1.54, 1.807) is 6.92 Å². The topological polar surface area (TPSA) is 125 Å². The molecule has 3 N–H and O–H groups in total. The summed E-state index contributed by atoms with van der Waals surface area (Å²) < 4.78 is 27.5. The van der Waals surface area contributed by atoms with Gasteiger partial charge in [0, 0.05) is 12.1 Å². The first-order chi connectivity index (χ1) is 15.7. The molecule has 174 valence electrons. The molecule has 0 aromatic heterocycles. The first-order valence-electron chi connectivity index (χ1n) is 10.8. The molecule has 0 spiro atoms. The van der Waals surface area contributed by atoms with Crippen LogP contribution in [0.5, 0.6) is 0 Å². The molecule has 4 rings (SSSR count). The largest absolute Gasteiger partial charge is 0.344 e. The van der Waals surface area contributed by atoms with Crippen LogP contribution in [0, 0.1) is 5.92 Å². The van der Waals surface area contributed by atoms with Gasteiger partial charge < -0.3 is 5.32 Å². The van der Waals surface area contributed by atoms with E-state index in [-0.39, 0.29) is 10.5 Å². The molecule has 2 fully saturated rings. The van der Waals surface area contributed by atoms with E-state index in [0.717, 1.165) is 18.4 Å². The standard InChI is InChI=1S/C23H26N4O5S/c1-23(13-12-16-6-3-2-4-7-16)21(29)27(22(30)25-23)26-20(28)18-8-5-9-19(14-18)33(31,32)24-15-17-10-11-17/h2-9,14,17,24H,10-13,15H2,1H3,(H,25,30)(H,26,28). The maximum Gasteiger partial charge on any atom is 0.344 e. The number of amides is 4. The van der Waals surface area contributed by atoms with Gasteiger partial charge in [-0.3, -0.25) is 15.0 Å². The van der Waals surface area contributed by atoms with Crippen molar-refractivity contribution in [3.63, 3.8) is 0 Å². The molecule has 33 heavy (non-hydrogen) atoms. The molecule has 1 saturated heterocycles. The number of sulfonamides is 1. The number of hydrazine groups is 1. The van der Waals surface area contributed by atoms with Crippen LogP contribution in [-0.2, 0) is 21.2 Å². The van der Waals surface area contributed by atoms with Gasteiger partial charge in [-0.05, 0) is 62.3 Å². The number of aryl methyl sites for hydroxylation is 1. The molecule has 2 aliphatic rings. The summed E-state index contributed by atoms with van der Waals surface area (Å²) in [6.45, 7) is 1.98. The van der Waals surface area contributed by atoms with Gasteiger partial charge in [-0.1, -0.05) is 36.4 Å². The van der Waals surface area contributed by atoms with E-state index in [1.165, 1.54) is 24.3 Å². The Morgan fingerprint density at radius 2 is 1.85 bits per heavy atom. The average Bonchev–Trinajstić information content (AvgIpc) is 3.61. The molecule has 0 bridgehead atoms. The Morgan fingerprint density at radius 1 is 1.12 bits per heavy atom. The first-order valence-corrected chi connectivity index (χ1v) is 12.3. The van der Waals surface area contributed by atoms with Crippen molar-refractivity contribution in [2.45, 2.75) is 43.0 Å². The summed E-state index contributed by atoms with van der Waals surface area (Å²) in [4.78, 5) is 38.0. The SMILES string of the molecule is CC1(CCc2ccccc2)NC(=O)N(NC(=O)c2cccc(S(=O)(=O)NCC3CC3)c2)C1=O. The maximum absolute atomic E-state index is 12.9. The summed E-state index contributed by atoms with van der Waals surface area (Å²) in [5.74, 6) is -0.973. The van der Waals surface area contributed by atoms with E-state index in [2.05, 4.69) is 15.5 Å². The maximum atomic E-state index is 12.9. The van der Waals surface area contributed by atoms with Gasteiger partial charge in [-0.15, -0.1) is 0 Å². The third-order valence-electron chi connectivity index (χ3n) is 5.90. The average molecular weight is 471 g/mol. The van der Waals surface area contributed by atoms with E-state index in [1.807, 2.05) is 30.3 Å². The Bertz CT molecular complexity index is 1180. The Labute approximate surface area is 192 Å². The highest BCUT2D eigenvalue weighted by atomic mass is 32.2. The van der Waals surface area contributed by atoms with Crippen LogP contribution in [0.15, 0.2) is 59.5 Å². The van der Waals surface area contributed by atoms with Crippen molar-refractivity contribution < 1.29 is 22.8 Å². The quantitative estimate of drug-likeness (QED) is 0.483. The highest BCUT2D eigenvalue weighted by Gasteiger charge is 2.48. The van der Waals surface area contributed by atoms with Crippen molar-refractivity contribution >= 4 is 27.9 Å². The van der Waals surface area contributed by atoms with Crippen molar-refractivity contribution in [1.82, 2.24) is 20.5 Å². The second-order valence-corrected chi connectivity index (χ2v) is 10.4. The Hall–Kier alpha value is -3.24. The van der Waals surface area contributed by atoms with Crippen LogP contribution in [0.25, 0.3) is 0 Å². The third-order valence-corrected chi connectivity index (χ3v) is 7.32. The molecule has 2 aromatic carbocycles. The normalized spacial score (nSPS) is 20.6. The van der Waals surface area contributed by atoms with Gasteiger partial charge in [0.25, 0.3) is 11.8 Å². The lowest BCUT2D eigenvalue weighted by atomic mass is 9.93. The number of nitrogens with zero attached hydrogens (tertiary/aromatic N) is 1. The number of hydrogen-bond acceptors (Lipinski definition) is 5. The Balaban J connectivity index is 1.42. The van der Waals surface area contributed by atoms with Gasteiger partial charge in [0.05, 0.1) is 4.90 Å². The minimum atomic E-state index is -3.76. The van der Waals surface area contributed by atoms with Crippen molar-refractivity contribution in [3.8, 4) is 0 Å². The molecule has 2 aromatic rings. The summed E-state index contributed by atoms with van der Waals surface area (Å²) in [5, 5.41) is 3.30. The zero-order valence-electron chi connectivity index (χ0n) is 18.2. The van der Waals surface area contributed by atoms with Gasteiger partial charge in [0.15, 0.2) is 0 Å². The highest BCUT2D eigenvalue weighted by molar-refractivity contribution is 7.89. The number of rotatable bonds is 9. The summed E-state index contributed by atoms with van der Waals surface area (Å²) in [5.41, 5.74) is 2.18. The van der Waals surface area contributed by atoms with Crippen LogP contribution in [0.4, 0.5) is 4.79 Å². The van der Waals surface area contributed by atoms with Crippen LogP contribution in [0.1, 0.15) is 42.1 Å². The zero-order chi connectivity index (χ0) is 23.6. The van der Waals surface area contributed by atoms with Crippen molar-refractivity contribution in [2.24, 2.45) is 5.92 Å². The number of nitrogens with one attached hydrogen (secondary N) is 3. The number of urea groups is 1. The molecular formula is C23H26N4O5S. The molecule has 1 heterocycles. The van der Waals surface area contributed by atoms with E-state index < -0.39 is 33.4 Å². The second-order valence-electron chi connectivity index (χ2n) is 8.65. The fraction of sp³-hybridized carbons (Fsp3) is 0.348.